The zero-order valence-electron chi connectivity index (χ0n) is 15.9. The monoisotopic (exact) mass is 392 g/mol. The van der Waals surface area contributed by atoms with Gasteiger partial charge in [-0.2, -0.15) is 0 Å². The van der Waals surface area contributed by atoms with Crippen molar-refractivity contribution in [2.45, 2.75) is 0 Å². The summed E-state index contributed by atoms with van der Waals surface area (Å²) in [6.07, 6.45) is 0. The molecule has 0 unspecified atom stereocenters. The lowest BCUT2D eigenvalue weighted by atomic mass is 10.0. The summed E-state index contributed by atoms with van der Waals surface area (Å²) in [5, 5.41) is 0. The van der Waals surface area contributed by atoms with Crippen LogP contribution >= 0.6 is 0 Å². The van der Waals surface area contributed by atoms with Crippen LogP contribution < -0.4 is 9.47 Å². The first-order chi connectivity index (χ1) is 14.1. The van der Waals surface area contributed by atoms with Crippen molar-refractivity contribution in [1.29, 1.82) is 0 Å². The van der Waals surface area contributed by atoms with Crippen molar-refractivity contribution >= 4 is 0 Å². The zero-order valence-corrected chi connectivity index (χ0v) is 15.9. The number of hydrogen-bond acceptors (Lipinski definition) is 3. The highest BCUT2D eigenvalue weighted by Gasteiger charge is 2.16. The number of benzene rings is 3. The molecule has 0 fully saturated rings. The van der Waals surface area contributed by atoms with E-state index in [4.69, 9.17) is 9.47 Å². The van der Waals surface area contributed by atoms with E-state index in [1.54, 1.807) is 14.2 Å². The van der Waals surface area contributed by atoms with Crippen LogP contribution in [0.2, 0.25) is 0 Å². The standard InChI is InChI=1S/C23H18F2N2O2/c1-28-17-8-3-14(4-9-17)21-22(15-5-10-18(29-2)11-6-15)27-23(26-21)16-7-12-19(24)20(25)13-16/h3-13H,1-2H3,(H,26,27). The van der Waals surface area contributed by atoms with Crippen LogP contribution in [-0.2, 0) is 0 Å². The van der Waals surface area contributed by atoms with E-state index < -0.39 is 11.6 Å². The van der Waals surface area contributed by atoms with Gasteiger partial charge in [-0.3, -0.25) is 0 Å². The van der Waals surface area contributed by atoms with E-state index in [1.807, 2.05) is 48.5 Å². The third kappa shape index (κ3) is 3.69. The van der Waals surface area contributed by atoms with Gasteiger partial charge in [-0.15, -0.1) is 0 Å². The van der Waals surface area contributed by atoms with Crippen LogP contribution in [0.15, 0.2) is 66.7 Å². The van der Waals surface area contributed by atoms with Crippen molar-refractivity contribution in [2.24, 2.45) is 0 Å². The Balaban J connectivity index is 1.86. The number of aromatic nitrogens is 2. The van der Waals surface area contributed by atoms with Crippen molar-refractivity contribution in [1.82, 2.24) is 9.97 Å². The molecule has 29 heavy (non-hydrogen) atoms. The van der Waals surface area contributed by atoms with Gasteiger partial charge < -0.3 is 14.5 Å². The number of halogens is 2. The van der Waals surface area contributed by atoms with Gasteiger partial charge in [-0.05, 0) is 66.7 Å². The lowest BCUT2D eigenvalue weighted by Gasteiger charge is -2.06. The molecule has 4 rings (SSSR count). The molecule has 0 radical (unpaired) electrons. The Morgan fingerprint density at radius 3 is 1.79 bits per heavy atom. The molecule has 4 nitrogen and oxygen atoms in total. The van der Waals surface area contributed by atoms with Crippen molar-refractivity contribution in [2.75, 3.05) is 14.2 Å². The number of imidazole rings is 1. The molecule has 1 N–H and O–H groups in total. The van der Waals surface area contributed by atoms with Crippen molar-refractivity contribution in [3.8, 4) is 45.4 Å². The van der Waals surface area contributed by atoms with Gasteiger partial charge in [0.1, 0.15) is 17.3 Å². The number of hydrogen-bond donors (Lipinski definition) is 1. The summed E-state index contributed by atoms with van der Waals surface area (Å²) >= 11 is 0. The first-order valence-electron chi connectivity index (χ1n) is 8.93. The summed E-state index contributed by atoms with van der Waals surface area (Å²) in [5.41, 5.74) is 3.66. The average Bonchev–Trinajstić information content (AvgIpc) is 3.21. The highest BCUT2D eigenvalue weighted by molar-refractivity contribution is 5.81. The minimum absolute atomic E-state index is 0.445. The first kappa shape index (κ1) is 18.7. The molecule has 0 aliphatic rings. The highest BCUT2D eigenvalue weighted by Crippen LogP contribution is 2.34. The molecule has 0 bridgehead atoms. The van der Waals surface area contributed by atoms with Crippen LogP contribution in [0.5, 0.6) is 11.5 Å². The van der Waals surface area contributed by atoms with E-state index in [0.717, 1.165) is 40.5 Å². The number of methoxy groups -OCH3 is 2. The number of ether oxygens (including phenoxy) is 2. The molecule has 0 aliphatic carbocycles. The molecule has 0 saturated heterocycles. The minimum Gasteiger partial charge on any atom is -0.497 e. The summed E-state index contributed by atoms with van der Waals surface area (Å²) < 4.78 is 37.5. The van der Waals surface area contributed by atoms with E-state index in [1.165, 1.54) is 6.07 Å². The molecule has 0 spiro atoms. The van der Waals surface area contributed by atoms with Crippen molar-refractivity contribution in [3.63, 3.8) is 0 Å². The smallest absolute Gasteiger partial charge is 0.159 e. The lowest BCUT2D eigenvalue weighted by Crippen LogP contribution is -1.87. The number of nitrogens with one attached hydrogen (secondary N) is 1. The third-order valence-electron chi connectivity index (χ3n) is 4.64. The van der Waals surface area contributed by atoms with Gasteiger partial charge in [0.25, 0.3) is 0 Å². The maximum Gasteiger partial charge on any atom is 0.159 e. The molecule has 0 amide bonds. The third-order valence-corrected chi connectivity index (χ3v) is 4.64. The van der Waals surface area contributed by atoms with Gasteiger partial charge in [0.2, 0.25) is 0 Å². The molecule has 3 aromatic carbocycles. The fraction of sp³-hybridized carbons (Fsp3) is 0.0870. The van der Waals surface area contributed by atoms with E-state index in [9.17, 15) is 8.78 Å². The number of H-pyrrole nitrogens is 1. The van der Waals surface area contributed by atoms with E-state index in [2.05, 4.69) is 9.97 Å². The van der Waals surface area contributed by atoms with Crippen LogP contribution in [-0.4, -0.2) is 24.2 Å². The molecule has 4 aromatic rings. The fourth-order valence-electron chi connectivity index (χ4n) is 3.08. The molecule has 1 aromatic heterocycles. The quantitative estimate of drug-likeness (QED) is 0.473. The Kier molecular flexibility index (Phi) is 4.99. The van der Waals surface area contributed by atoms with Gasteiger partial charge in [0.15, 0.2) is 11.6 Å². The topological polar surface area (TPSA) is 47.1 Å². The van der Waals surface area contributed by atoms with Crippen LogP contribution in [0.3, 0.4) is 0 Å². The molecule has 0 saturated carbocycles. The van der Waals surface area contributed by atoms with Crippen LogP contribution in [0.4, 0.5) is 8.78 Å². The van der Waals surface area contributed by atoms with Crippen molar-refractivity contribution < 1.29 is 18.3 Å². The first-order valence-corrected chi connectivity index (χ1v) is 8.93. The fourth-order valence-corrected chi connectivity index (χ4v) is 3.08. The second kappa shape index (κ2) is 7.75. The maximum atomic E-state index is 13.7. The van der Waals surface area contributed by atoms with Crippen molar-refractivity contribution in [3.05, 3.63) is 78.4 Å². The zero-order chi connectivity index (χ0) is 20.4. The van der Waals surface area contributed by atoms with Crippen LogP contribution in [0.1, 0.15) is 0 Å². The predicted molar refractivity (Wildman–Crippen MR) is 108 cm³/mol. The Labute approximate surface area is 166 Å². The van der Waals surface area contributed by atoms with Gasteiger partial charge in [-0.1, -0.05) is 0 Å². The SMILES string of the molecule is COc1ccc(-c2nc(-c3ccc(F)c(F)c3)[nH]c2-c2ccc(OC)cc2)cc1. The largest absolute Gasteiger partial charge is 0.497 e. The molecular weight excluding hydrogens is 374 g/mol. The minimum atomic E-state index is -0.920. The van der Waals surface area contributed by atoms with Gasteiger partial charge >= 0.3 is 0 Å². The average molecular weight is 392 g/mol. The molecule has 146 valence electrons. The Bertz CT molecular complexity index is 1070. The summed E-state index contributed by atoms with van der Waals surface area (Å²) in [4.78, 5) is 7.93. The van der Waals surface area contributed by atoms with Gasteiger partial charge in [0.05, 0.1) is 25.6 Å². The molecule has 0 atom stereocenters. The summed E-state index contributed by atoms with van der Waals surface area (Å²) in [6.45, 7) is 0. The molecule has 6 heteroatoms. The Morgan fingerprint density at radius 1 is 0.690 bits per heavy atom. The van der Waals surface area contributed by atoms with E-state index in [-0.39, 0.29) is 0 Å². The number of rotatable bonds is 5. The van der Waals surface area contributed by atoms with E-state index >= 15 is 0 Å². The highest BCUT2D eigenvalue weighted by atomic mass is 19.2. The lowest BCUT2D eigenvalue weighted by molar-refractivity contribution is 0.414. The van der Waals surface area contributed by atoms with Gasteiger partial charge in [0, 0.05) is 16.7 Å². The van der Waals surface area contributed by atoms with Crippen LogP contribution in [0.25, 0.3) is 33.9 Å². The predicted octanol–water partition coefficient (Wildman–Crippen LogP) is 5.71. The Hall–Kier alpha value is -3.67. The molecular formula is C23H18F2N2O2. The summed E-state index contributed by atoms with van der Waals surface area (Å²) in [6, 6.07) is 18.7. The normalized spacial score (nSPS) is 10.8. The summed E-state index contributed by atoms with van der Waals surface area (Å²) in [5.74, 6) is 0.0960. The molecule has 0 aliphatic heterocycles. The second-order valence-electron chi connectivity index (χ2n) is 6.39. The van der Waals surface area contributed by atoms with E-state index in [0.29, 0.717) is 17.1 Å². The summed E-state index contributed by atoms with van der Waals surface area (Å²) in [7, 11) is 3.21. The van der Waals surface area contributed by atoms with Crippen LogP contribution in [0, 0.1) is 11.6 Å². The van der Waals surface area contributed by atoms with Gasteiger partial charge in [-0.25, -0.2) is 13.8 Å². The second-order valence-corrected chi connectivity index (χ2v) is 6.39. The maximum absolute atomic E-state index is 13.7. The number of nitrogens with zero attached hydrogens (tertiary/aromatic N) is 1. The number of aromatic amines is 1. The Morgan fingerprint density at radius 2 is 1.24 bits per heavy atom. The molecule has 1 heterocycles.